The molecule has 180 valence electrons. The molecular formula is C24H27FN4O4S. The normalized spacial score (nSPS) is 16.1. The highest BCUT2D eigenvalue weighted by atomic mass is 32.1. The van der Waals surface area contributed by atoms with Gasteiger partial charge in [-0.15, -0.1) is 10.2 Å². The number of carbonyl (C=O) groups is 1. The third-order valence-corrected chi connectivity index (χ3v) is 7.15. The Kier molecular flexibility index (Phi) is 6.55. The molecule has 0 radical (unpaired) electrons. The molecule has 1 aliphatic heterocycles. The molecule has 2 aromatic heterocycles. The minimum absolute atomic E-state index is 0.0212. The van der Waals surface area contributed by atoms with Crippen LogP contribution in [0.25, 0.3) is 10.6 Å². The van der Waals surface area contributed by atoms with E-state index in [1.165, 1.54) is 23.5 Å². The number of aromatic hydroxyl groups is 1. The number of ether oxygens (including phenoxy) is 1. The molecule has 0 saturated carbocycles. The number of benzene rings is 1. The number of halogens is 1. The summed E-state index contributed by atoms with van der Waals surface area (Å²) in [6.07, 6.45) is 2.04. The number of hydrogen-bond donors (Lipinski definition) is 1. The van der Waals surface area contributed by atoms with E-state index in [0.29, 0.717) is 36.1 Å². The van der Waals surface area contributed by atoms with Gasteiger partial charge in [0.2, 0.25) is 5.43 Å². The number of methoxy groups -OCH3 is 1. The molecule has 3 heterocycles. The summed E-state index contributed by atoms with van der Waals surface area (Å²) in [7, 11) is 1.62. The average molecular weight is 487 g/mol. The van der Waals surface area contributed by atoms with Crippen LogP contribution >= 0.6 is 11.3 Å². The highest BCUT2D eigenvalue weighted by Gasteiger charge is 2.41. The van der Waals surface area contributed by atoms with Crippen LogP contribution in [0.5, 0.6) is 5.75 Å². The van der Waals surface area contributed by atoms with Crippen LogP contribution in [-0.4, -0.2) is 57.5 Å². The van der Waals surface area contributed by atoms with Crippen molar-refractivity contribution in [3.63, 3.8) is 0 Å². The van der Waals surface area contributed by atoms with Gasteiger partial charge in [-0.1, -0.05) is 37.3 Å². The topological polar surface area (TPSA) is 97.6 Å². The van der Waals surface area contributed by atoms with Crippen LogP contribution in [0.2, 0.25) is 0 Å². The standard InChI is InChI=1S/C24H27FN4O4S/c1-5-28-12-17(24(2,3)13-33-4)29-11-16(20(30)21(31)19(29)23(28)32)22-27-26-18(34-22)10-14-6-8-15(25)9-7-14/h6-9,11,17,31H,5,10,12-13H2,1-4H3/t17-/m1/s1. The van der Waals surface area contributed by atoms with Crippen LogP contribution < -0.4 is 5.43 Å². The highest BCUT2D eigenvalue weighted by Crippen LogP contribution is 2.39. The maximum absolute atomic E-state index is 13.2. The van der Waals surface area contributed by atoms with Crippen LogP contribution in [0, 0.1) is 11.2 Å². The first kappa shape index (κ1) is 24.0. The van der Waals surface area contributed by atoms with Gasteiger partial charge in [-0.3, -0.25) is 9.59 Å². The fraction of sp³-hybridized carbons (Fsp3) is 0.417. The Bertz CT molecular complexity index is 1270. The van der Waals surface area contributed by atoms with E-state index >= 15 is 0 Å². The van der Waals surface area contributed by atoms with Gasteiger partial charge >= 0.3 is 0 Å². The van der Waals surface area contributed by atoms with Gasteiger partial charge in [0.05, 0.1) is 18.2 Å². The molecule has 0 bridgehead atoms. The van der Waals surface area contributed by atoms with E-state index in [1.807, 2.05) is 20.8 Å². The van der Waals surface area contributed by atoms with Crippen LogP contribution in [0.3, 0.4) is 0 Å². The zero-order valence-electron chi connectivity index (χ0n) is 19.5. The van der Waals surface area contributed by atoms with Crippen molar-refractivity contribution in [1.29, 1.82) is 0 Å². The summed E-state index contributed by atoms with van der Waals surface area (Å²) in [6, 6.07) is 5.86. The van der Waals surface area contributed by atoms with Crippen LogP contribution in [0.1, 0.15) is 47.9 Å². The SMILES string of the molecule is CCN1C[C@H](C(C)(C)COC)n2cc(-c3nnc(Cc4ccc(F)cc4)s3)c(=O)c(O)c2C1=O. The Hall–Kier alpha value is -3.11. The van der Waals surface area contributed by atoms with Crippen LogP contribution in [0.15, 0.2) is 35.3 Å². The van der Waals surface area contributed by atoms with E-state index in [9.17, 15) is 19.1 Å². The fourth-order valence-electron chi connectivity index (χ4n) is 4.33. The molecule has 0 fully saturated rings. The molecule has 1 N–H and O–H groups in total. The lowest BCUT2D eigenvalue weighted by atomic mass is 9.83. The number of hydrogen-bond acceptors (Lipinski definition) is 7. The number of nitrogens with zero attached hydrogens (tertiary/aromatic N) is 4. The highest BCUT2D eigenvalue weighted by molar-refractivity contribution is 7.14. The van der Waals surface area contributed by atoms with Gasteiger partial charge in [-0.25, -0.2) is 4.39 Å². The first-order chi connectivity index (χ1) is 16.2. The zero-order chi connectivity index (χ0) is 24.6. The second-order valence-corrected chi connectivity index (χ2v) is 10.1. The van der Waals surface area contributed by atoms with Gasteiger partial charge in [0.1, 0.15) is 10.8 Å². The van der Waals surface area contributed by atoms with E-state index in [2.05, 4.69) is 10.2 Å². The van der Waals surface area contributed by atoms with Crippen molar-refractivity contribution in [3.8, 4) is 16.3 Å². The van der Waals surface area contributed by atoms with Crippen LogP contribution in [-0.2, 0) is 11.2 Å². The Labute approximate surface area is 200 Å². The number of fused-ring (bicyclic) bond motifs is 1. The maximum Gasteiger partial charge on any atom is 0.274 e. The van der Waals surface area contributed by atoms with E-state index in [-0.39, 0.29) is 29.0 Å². The van der Waals surface area contributed by atoms with Gasteiger partial charge < -0.3 is 19.3 Å². The van der Waals surface area contributed by atoms with Gasteiger partial charge in [-0.2, -0.15) is 0 Å². The summed E-state index contributed by atoms with van der Waals surface area (Å²) in [5, 5.41) is 20.2. The van der Waals surface area contributed by atoms with Crippen molar-refractivity contribution in [1.82, 2.24) is 19.7 Å². The molecule has 0 saturated heterocycles. The molecule has 1 aromatic carbocycles. The monoisotopic (exact) mass is 486 g/mol. The van der Waals surface area contributed by atoms with Gasteiger partial charge in [0, 0.05) is 38.2 Å². The molecule has 10 heteroatoms. The summed E-state index contributed by atoms with van der Waals surface area (Å²) in [5.41, 5.74) is -0.0381. The lowest BCUT2D eigenvalue weighted by Gasteiger charge is -2.43. The molecule has 1 amide bonds. The van der Waals surface area contributed by atoms with Gasteiger partial charge in [0.25, 0.3) is 5.91 Å². The Morgan fingerprint density at radius 2 is 1.94 bits per heavy atom. The predicted molar refractivity (Wildman–Crippen MR) is 127 cm³/mol. The Morgan fingerprint density at radius 3 is 2.59 bits per heavy atom. The molecule has 0 aliphatic carbocycles. The average Bonchev–Trinajstić information content (AvgIpc) is 3.25. The molecule has 1 atom stereocenters. The van der Waals surface area contributed by atoms with Crippen LogP contribution in [0.4, 0.5) is 4.39 Å². The summed E-state index contributed by atoms with van der Waals surface area (Å²) in [4.78, 5) is 27.8. The number of aromatic nitrogens is 3. The number of carbonyl (C=O) groups excluding carboxylic acids is 1. The second kappa shape index (κ2) is 9.27. The minimum Gasteiger partial charge on any atom is -0.503 e. The zero-order valence-corrected chi connectivity index (χ0v) is 20.4. The van der Waals surface area contributed by atoms with Crippen molar-refractivity contribution in [2.24, 2.45) is 5.41 Å². The van der Waals surface area contributed by atoms with Crippen molar-refractivity contribution in [2.45, 2.75) is 33.2 Å². The van der Waals surface area contributed by atoms with E-state index < -0.39 is 16.6 Å². The lowest BCUT2D eigenvalue weighted by molar-refractivity contribution is 0.0297. The Morgan fingerprint density at radius 1 is 1.24 bits per heavy atom. The fourth-order valence-corrected chi connectivity index (χ4v) is 5.21. The molecule has 0 unspecified atom stereocenters. The number of likely N-dealkylation sites (N-methyl/N-ethyl adjacent to an activating group) is 1. The quantitative estimate of drug-likeness (QED) is 0.549. The van der Waals surface area contributed by atoms with E-state index in [0.717, 1.165) is 5.56 Å². The summed E-state index contributed by atoms with van der Waals surface area (Å²) >= 11 is 1.22. The minimum atomic E-state index is -0.662. The summed E-state index contributed by atoms with van der Waals surface area (Å²) in [5.74, 6) is -1.29. The molecule has 34 heavy (non-hydrogen) atoms. The predicted octanol–water partition coefficient (Wildman–Crippen LogP) is 3.49. The van der Waals surface area contributed by atoms with E-state index in [1.54, 1.807) is 34.9 Å². The Balaban J connectivity index is 1.79. The van der Waals surface area contributed by atoms with Crippen molar-refractivity contribution >= 4 is 17.2 Å². The van der Waals surface area contributed by atoms with Gasteiger partial charge in [0.15, 0.2) is 16.5 Å². The molecule has 3 aromatic rings. The summed E-state index contributed by atoms with van der Waals surface area (Å²) in [6.45, 7) is 7.21. The number of rotatable bonds is 7. The number of pyridine rings is 1. The lowest BCUT2D eigenvalue weighted by Crippen LogP contribution is -2.49. The summed E-state index contributed by atoms with van der Waals surface area (Å²) < 4.78 is 20.3. The first-order valence-corrected chi connectivity index (χ1v) is 11.8. The second-order valence-electron chi connectivity index (χ2n) is 9.06. The first-order valence-electron chi connectivity index (χ1n) is 11.0. The van der Waals surface area contributed by atoms with Crippen molar-refractivity contribution in [3.05, 3.63) is 62.8 Å². The van der Waals surface area contributed by atoms with E-state index in [4.69, 9.17) is 4.74 Å². The largest absolute Gasteiger partial charge is 0.503 e. The molecule has 1 aliphatic rings. The third kappa shape index (κ3) is 4.35. The molecular weight excluding hydrogens is 459 g/mol. The van der Waals surface area contributed by atoms with Crippen molar-refractivity contribution in [2.75, 3.05) is 26.8 Å². The number of amides is 1. The van der Waals surface area contributed by atoms with Crippen molar-refractivity contribution < 1.29 is 19.0 Å². The molecule has 8 nitrogen and oxygen atoms in total. The van der Waals surface area contributed by atoms with Gasteiger partial charge in [-0.05, 0) is 24.6 Å². The molecule has 4 rings (SSSR count). The maximum atomic E-state index is 13.2. The smallest absolute Gasteiger partial charge is 0.274 e. The third-order valence-electron chi connectivity index (χ3n) is 6.20. The molecule has 0 spiro atoms.